The van der Waals surface area contributed by atoms with Crippen molar-refractivity contribution in [1.82, 2.24) is 5.32 Å². The van der Waals surface area contributed by atoms with E-state index in [1.54, 1.807) is 6.07 Å². The lowest BCUT2D eigenvalue weighted by Gasteiger charge is -2.09. The normalized spacial score (nSPS) is 12.7. The van der Waals surface area contributed by atoms with Crippen LogP contribution < -0.4 is 5.32 Å². The van der Waals surface area contributed by atoms with Crippen molar-refractivity contribution in [3.8, 4) is 5.75 Å². The number of phenols is 1. The van der Waals surface area contributed by atoms with Gasteiger partial charge < -0.3 is 15.5 Å². The third kappa shape index (κ3) is 4.51. The summed E-state index contributed by atoms with van der Waals surface area (Å²) in [6.45, 7) is 3.52. The van der Waals surface area contributed by atoms with Crippen LogP contribution in [-0.2, 0) is 6.54 Å². The van der Waals surface area contributed by atoms with Crippen LogP contribution in [0.25, 0.3) is 0 Å². The summed E-state index contributed by atoms with van der Waals surface area (Å²) >= 11 is 3.27. The molecule has 1 aromatic rings. The van der Waals surface area contributed by atoms with Crippen LogP contribution in [0.4, 0.5) is 0 Å². The molecule has 0 bridgehead atoms. The Bertz CT molecular complexity index is 331. The molecule has 0 aliphatic carbocycles. The molecule has 0 radical (unpaired) electrons. The highest BCUT2D eigenvalue weighted by Gasteiger charge is 2.01. The van der Waals surface area contributed by atoms with Gasteiger partial charge in [0.15, 0.2) is 0 Å². The minimum Gasteiger partial charge on any atom is -0.507 e. The highest BCUT2D eigenvalue weighted by molar-refractivity contribution is 9.10. The van der Waals surface area contributed by atoms with Gasteiger partial charge in [0.2, 0.25) is 0 Å². The van der Waals surface area contributed by atoms with Crippen LogP contribution in [-0.4, -0.2) is 22.9 Å². The first-order valence-corrected chi connectivity index (χ1v) is 6.29. The maximum atomic E-state index is 9.36. The average molecular weight is 288 g/mol. The molecule has 0 fully saturated rings. The van der Waals surface area contributed by atoms with Crippen molar-refractivity contribution in [3.63, 3.8) is 0 Å². The third-order valence-corrected chi connectivity index (χ3v) is 3.10. The van der Waals surface area contributed by atoms with Gasteiger partial charge in [-0.1, -0.05) is 13.0 Å². The number of nitrogens with one attached hydrogen (secondary N) is 1. The SMILES string of the molecule is CCC(O)CCNCc1ccc(O)c(Br)c1. The number of hydrogen-bond donors (Lipinski definition) is 3. The van der Waals surface area contributed by atoms with Gasteiger partial charge in [-0.05, 0) is 53.0 Å². The van der Waals surface area contributed by atoms with E-state index in [9.17, 15) is 10.2 Å². The van der Waals surface area contributed by atoms with Crippen LogP contribution in [0.3, 0.4) is 0 Å². The van der Waals surface area contributed by atoms with E-state index in [4.69, 9.17) is 0 Å². The quantitative estimate of drug-likeness (QED) is 0.705. The van der Waals surface area contributed by atoms with Gasteiger partial charge in [0, 0.05) is 6.54 Å². The van der Waals surface area contributed by atoms with Crippen LogP contribution in [0.1, 0.15) is 25.3 Å². The van der Waals surface area contributed by atoms with E-state index in [0.717, 1.165) is 31.5 Å². The van der Waals surface area contributed by atoms with E-state index in [1.165, 1.54) is 0 Å². The zero-order valence-corrected chi connectivity index (χ0v) is 11.0. The number of phenolic OH excluding ortho intramolecular Hbond substituents is 1. The predicted octanol–water partition coefficient (Wildman–Crippen LogP) is 2.41. The summed E-state index contributed by atoms with van der Waals surface area (Å²) in [5.41, 5.74) is 1.11. The summed E-state index contributed by atoms with van der Waals surface area (Å²) in [7, 11) is 0. The Morgan fingerprint density at radius 1 is 1.44 bits per heavy atom. The zero-order valence-electron chi connectivity index (χ0n) is 9.41. The summed E-state index contributed by atoms with van der Waals surface area (Å²) in [6.07, 6.45) is 1.36. The smallest absolute Gasteiger partial charge is 0.129 e. The highest BCUT2D eigenvalue weighted by Crippen LogP contribution is 2.24. The summed E-state index contributed by atoms with van der Waals surface area (Å²) in [5, 5.41) is 21.9. The van der Waals surface area contributed by atoms with Crippen molar-refractivity contribution in [2.45, 2.75) is 32.4 Å². The molecule has 0 spiro atoms. The first kappa shape index (κ1) is 13.5. The number of rotatable bonds is 6. The van der Waals surface area contributed by atoms with Gasteiger partial charge in [-0.15, -0.1) is 0 Å². The molecule has 16 heavy (non-hydrogen) atoms. The van der Waals surface area contributed by atoms with Crippen LogP contribution in [0, 0.1) is 0 Å². The average Bonchev–Trinajstić information content (AvgIpc) is 2.28. The Balaban J connectivity index is 2.29. The fourth-order valence-electron chi connectivity index (χ4n) is 1.37. The summed E-state index contributed by atoms with van der Waals surface area (Å²) < 4.78 is 0.709. The van der Waals surface area contributed by atoms with Crippen molar-refractivity contribution >= 4 is 15.9 Å². The summed E-state index contributed by atoms with van der Waals surface area (Å²) in [4.78, 5) is 0. The summed E-state index contributed by atoms with van der Waals surface area (Å²) in [5.74, 6) is 0.255. The van der Waals surface area contributed by atoms with E-state index in [-0.39, 0.29) is 11.9 Å². The van der Waals surface area contributed by atoms with Crippen LogP contribution in [0.2, 0.25) is 0 Å². The molecule has 0 aromatic heterocycles. The number of benzene rings is 1. The second-order valence-electron chi connectivity index (χ2n) is 3.81. The second-order valence-corrected chi connectivity index (χ2v) is 4.67. The minimum atomic E-state index is -0.209. The maximum absolute atomic E-state index is 9.36. The molecule has 1 atom stereocenters. The number of aliphatic hydroxyl groups is 1. The van der Waals surface area contributed by atoms with Gasteiger partial charge in [-0.2, -0.15) is 0 Å². The van der Waals surface area contributed by atoms with Crippen molar-refractivity contribution in [2.75, 3.05) is 6.54 Å². The zero-order chi connectivity index (χ0) is 12.0. The van der Waals surface area contributed by atoms with Crippen molar-refractivity contribution in [1.29, 1.82) is 0 Å². The molecule has 90 valence electrons. The van der Waals surface area contributed by atoms with Crippen LogP contribution in [0.5, 0.6) is 5.75 Å². The fraction of sp³-hybridized carbons (Fsp3) is 0.500. The molecule has 1 rings (SSSR count). The van der Waals surface area contributed by atoms with E-state index in [0.29, 0.717) is 4.47 Å². The van der Waals surface area contributed by atoms with Gasteiger partial charge in [-0.3, -0.25) is 0 Å². The van der Waals surface area contributed by atoms with Gasteiger partial charge in [0.25, 0.3) is 0 Å². The first-order chi connectivity index (χ1) is 7.63. The van der Waals surface area contributed by atoms with Crippen molar-refractivity contribution in [2.24, 2.45) is 0 Å². The highest BCUT2D eigenvalue weighted by atomic mass is 79.9. The largest absolute Gasteiger partial charge is 0.507 e. The Morgan fingerprint density at radius 3 is 2.81 bits per heavy atom. The number of aliphatic hydroxyl groups excluding tert-OH is 1. The first-order valence-electron chi connectivity index (χ1n) is 5.49. The molecule has 1 unspecified atom stereocenters. The lowest BCUT2D eigenvalue weighted by Crippen LogP contribution is -2.19. The topological polar surface area (TPSA) is 52.5 Å². The van der Waals surface area contributed by atoms with Crippen molar-refractivity contribution in [3.05, 3.63) is 28.2 Å². The molecule has 0 saturated carbocycles. The monoisotopic (exact) mass is 287 g/mol. The number of hydrogen-bond acceptors (Lipinski definition) is 3. The van der Waals surface area contributed by atoms with E-state index < -0.39 is 0 Å². The molecule has 0 heterocycles. The molecular weight excluding hydrogens is 270 g/mol. The molecular formula is C12H18BrNO2. The molecule has 4 heteroatoms. The predicted molar refractivity (Wildman–Crippen MR) is 68.4 cm³/mol. The molecule has 0 aliphatic rings. The third-order valence-electron chi connectivity index (χ3n) is 2.47. The van der Waals surface area contributed by atoms with Gasteiger partial charge in [0.05, 0.1) is 10.6 Å². The maximum Gasteiger partial charge on any atom is 0.129 e. The molecule has 0 aliphatic heterocycles. The van der Waals surface area contributed by atoms with Gasteiger partial charge in [-0.25, -0.2) is 0 Å². The molecule has 1 aromatic carbocycles. The lowest BCUT2D eigenvalue weighted by molar-refractivity contribution is 0.159. The molecule has 0 amide bonds. The van der Waals surface area contributed by atoms with E-state index in [1.807, 2.05) is 19.1 Å². The van der Waals surface area contributed by atoms with Crippen LogP contribution >= 0.6 is 15.9 Å². The lowest BCUT2D eigenvalue weighted by atomic mass is 10.2. The van der Waals surface area contributed by atoms with E-state index in [2.05, 4.69) is 21.2 Å². The molecule has 0 saturated heterocycles. The minimum absolute atomic E-state index is 0.209. The van der Waals surface area contributed by atoms with E-state index >= 15 is 0 Å². The Morgan fingerprint density at radius 2 is 2.19 bits per heavy atom. The second kappa shape index (κ2) is 6.89. The standard InChI is InChI=1S/C12H18BrNO2/c1-2-10(15)5-6-14-8-9-3-4-12(16)11(13)7-9/h3-4,7,10,14-16H,2,5-6,8H2,1H3. The fourth-order valence-corrected chi connectivity index (χ4v) is 1.79. The molecule has 3 N–H and O–H groups in total. The number of halogens is 1. The molecule has 3 nitrogen and oxygen atoms in total. The Kier molecular flexibility index (Phi) is 5.80. The Hall–Kier alpha value is -0.580. The summed E-state index contributed by atoms with van der Waals surface area (Å²) in [6, 6.07) is 5.43. The van der Waals surface area contributed by atoms with Crippen molar-refractivity contribution < 1.29 is 10.2 Å². The number of aromatic hydroxyl groups is 1. The Labute approximate surface area is 105 Å². The van der Waals surface area contributed by atoms with Crippen LogP contribution in [0.15, 0.2) is 22.7 Å². The van der Waals surface area contributed by atoms with Gasteiger partial charge >= 0.3 is 0 Å². The van der Waals surface area contributed by atoms with Gasteiger partial charge in [0.1, 0.15) is 5.75 Å².